The van der Waals surface area contributed by atoms with Crippen LogP contribution < -0.4 is 0 Å². The molecule has 0 saturated heterocycles. The molecule has 0 saturated carbocycles. The lowest BCUT2D eigenvalue weighted by atomic mass is 9.99. The molecule has 0 aliphatic carbocycles. The number of fused-ring (bicyclic) bond motifs is 8. The highest BCUT2D eigenvalue weighted by Gasteiger charge is 2.23. The molecular formula is C49H30N4S. The molecule has 0 amide bonds. The third kappa shape index (κ3) is 4.86. The highest BCUT2D eigenvalue weighted by molar-refractivity contribution is 7.26. The van der Waals surface area contributed by atoms with Crippen molar-refractivity contribution in [2.45, 2.75) is 0 Å². The van der Waals surface area contributed by atoms with Gasteiger partial charge < -0.3 is 4.57 Å². The lowest BCUT2D eigenvalue weighted by Crippen LogP contribution is -1.96. The van der Waals surface area contributed by atoms with Gasteiger partial charge in [-0.1, -0.05) is 152 Å². The highest BCUT2D eigenvalue weighted by atomic mass is 32.1. The van der Waals surface area contributed by atoms with Crippen molar-refractivity contribution < 1.29 is 0 Å². The van der Waals surface area contributed by atoms with Gasteiger partial charge in [-0.15, -0.1) is 11.3 Å². The molecule has 0 fully saturated rings. The van der Waals surface area contributed by atoms with Crippen LogP contribution in [0.5, 0.6) is 0 Å². The smallest absolute Gasteiger partial charge is 0.160 e. The zero-order valence-electron chi connectivity index (χ0n) is 29.0. The van der Waals surface area contributed by atoms with Crippen LogP contribution in [0.2, 0.25) is 0 Å². The number of hydrogen-bond acceptors (Lipinski definition) is 4. The van der Waals surface area contributed by atoms with Crippen molar-refractivity contribution in [2.24, 2.45) is 0 Å². The minimum Gasteiger partial charge on any atom is -0.301 e. The largest absolute Gasteiger partial charge is 0.301 e. The second-order valence-corrected chi connectivity index (χ2v) is 14.6. The number of para-hydroxylation sites is 2. The summed E-state index contributed by atoms with van der Waals surface area (Å²) in [6, 6.07) is 64.0. The van der Waals surface area contributed by atoms with E-state index >= 15 is 0 Å². The Labute approximate surface area is 315 Å². The molecule has 0 aliphatic rings. The molecule has 0 N–H and O–H groups in total. The zero-order valence-corrected chi connectivity index (χ0v) is 29.8. The predicted octanol–water partition coefficient (Wildman–Crippen LogP) is 13.2. The summed E-state index contributed by atoms with van der Waals surface area (Å²) >= 11 is 1.83. The number of aromatic nitrogens is 4. The van der Waals surface area contributed by atoms with Crippen LogP contribution >= 0.6 is 11.3 Å². The Bertz CT molecular complexity index is 3140. The third-order valence-electron chi connectivity index (χ3n) is 10.4. The Kier molecular flexibility index (Phi) is 7.00. The molecule has 7 aromatic carbocycles. The molecule has 0 radical (unpaired) electrons. The predicted molar refractivity (Wildman–Crippen MR) is 226 cm³/mol. The van der Waals surface area contributed by atoms with Gasteiger partial charge in [0.15, 0.2) is 5.82 Å². The lowest BCUT2D eigenvalue weighted by Gasteiger charge is -2.11. The third-order valence-corrected chi connectivity index (χ3v) is 11.6. The molecule has 11 aromatic rings. The molecule has 11 rings (SSSR count). The first-order valence-electron chi connectivity index (χ1n) is 18.1. The minimum atomic E-state index is 0.710. The molecular weight excluding hydrogens is 677 g/mol. The van der Waals surface area contributed by atoms with Gasteiger partial charge in [0.1, 0.15) is 4.83 Å². The van der Waals surface area contributed by atoms with E-state index in [4.69, 9.17) is 15.0 Å². The van der Waals surface area contributed by atoms with Crippen LogP contribution in [0.25, 0.3) is 104 Å². The first-order valence-corrected chi connectivity index (χ1v) is 18.9. The van der Waals surface area contributed by atoms with E-state index in [0.29, 0.717) is 5.82 Å². The van der Waals surface area contributed by atoms with Gasteiger partial charge in [0.05, 0.1) is 32.8 Å². The maximum absolute atomic E-state index is 5.37. The van der Waals surface area contributed by atoms with E-state index in [1.807, 2.05) is 47.7 Å². The SMILES string of the molecule is c1ccc(-c2cc(-c3ccc(-n4c5ccccc5c5c6c(sc54)c(-c4cccc5ccccc45)nc4ccccc46)cc3)nc(-c3ccccc3)n2)cc1. The summed E-state index contributed by atoms with van der Waals surface area (Å²) in [6.07, 6.45) is 0. The van der Waals surface area contributed by atoms with Crippen molar-refractivity contribution in [1.29, 1.82) is 0 Å². The van der Waals surface area contributed by atoms with E-state index in [9.17, 15) is 0 Å². The summed E-state index contributed by atoms with van der Waals surface area (Å²) < 4.78 is 3.62. The molecule has 4 nitrogen and oxygen atoms in total. The minimum absolute atomic E-state index is 0.710. The van der Waals surface area contributed by atoms with E-state index in [0.717, 1.165) is 50.5 Å². The highest BCUT2D eigenvalue weighted by Crippen LogP contribution is 2.48. The Morgan fingerprint density at radius 3 is 1.83 bits per heavy atom. The summed E-state index contributed by atoms with van der Waals surface area (Å²) in [4.78, 5) is 16.7. The first-order chi connectivity index (χ1) is 26.8. The van der Waals surface area contributed by atoms with Crippen molar-refractivity contribution in [2.75, 3.05) is 0 Å². The van der Waals surface area contributed by atoms with Crippen LogP contribution in [0.1, 0.15) is 0 Å². The monoisotopic (exact) mass is 706 g/mol. The average Bonchev–Trinajstić information content (AvgIpc) is 3.79. The van der Waals surface area contributed by atoms with E-state index < -0.39 is 0 Å². The fraction of sp³-hybridized carbons (Fsp3) is 0. The van der Waals surface area contributed by atoms with Crippen LogP contribution in [-0.4, -0.2) is 19.5 Å². The van der Waals surface area contributed by atoms with E-state index in [2.05, 4.69) is 150 Å². The van der Waals surface area contributed by atoms with Crippen LogP contribution in [-0.2, 0) is 0 Å². The zero-order chi connectivity index (χ0) is 35.6. The van der Waals surface area contributed by atoms with Crippen molar-refractivity contribution in [1.82, 2.24) is 19.5 Å². The molecule has 4 aromatic heterocycles. The van der Waals surface area contributed by atoms with Gasteiger partial charge in [-0.2, -0.15) is 0 Å². The van der Waals surface area contributed by atoms with Crippen molar-refractivity contribution >= 4 is 64.2 Å². The number of benzene rings is 7. The molecule has 0 unspecified atom stereocenters. The summed E-state index contributed by atoms with van der Waals surface area (Å²) in [7, 11) is 0. The van der Waals surface area contributed by atoms with Crippen LogP contribution in [0.4, 0.5) is 0 Å². The number of thiophene rings is 1. The fourth-order valence-corrected chi connectivity index (χ4v) is 9.28. The summed E-state index contributed by atoms with van der Waals surface area (Å²) in [5.41, 5.74) is 10.3. The van der Waals surface area contributed by atoms with Gasteiger partial charge in [-0.25, -0.2) is 15.0 Å². The van der Waals surface area contributed by atoms with E-state index in [1.165, 1.54) is 47.4 Å². The number of rotatable bonds is 5. The maximum Gasteiger partial charge on any atom is 0.160 e. The molecule has 54 heavy (non-hydrogen) atoms. The molecule has 5 heteroatoms. The second kappa shape index (κ2) is 12.3. The second-order valence-electron chi connectivity index (χ2n) is 13.6. The van der Waals surface area contributed by atoms with Gasteiger partial charge in [0.25, 0.3) is 0 Å². The average molecular weight is 707 g/mol. The summed E-state index contributed by atoms with van der Waals surface area (Å²) in [5, 5.41) is 7.36. The molecule has 4 heterocycles. The topological polar surface area (TPSA) is 43.6 Å². The number of nitrogens with zero attached hydrogens (tertiary/aromatic N) is 4. The Hall–Kier alpha value is -6.95. The van der Waals surface area contributed by atoms with Gasteiger partial charge in [0.2, 0.25) is 0 Å². The fourth-order valence-electron chi connectivity index (χ4n) is 7.91. The molecule has 0 spiro atoms. The standard InChI is InChI=1S/C49H30N4S/c1-3-15-32(16-4-1)41-30-42(52-48(51-41)34-17-5-2-6-18-34)33-26-28-35(29-27-33)53-43-25-12-10-22-39(43)45-44-38-21-9-11-24-40(38)50-46(47(44)54-49(45)53)37-23-13-19-31-14-7-8-20-36(31)37/h1-30H. The van der Waals surface area contributed by atoms with Gasteiger partial charge in [-0.05, 0) is 41.1 Å². The van der Waals surface area contributed by atoms with Crippen molar-refractivity contribution in [3.63, 3.8) is 0 Å². The summed E-state index contributed by atoms with van der Waals surface area (Å²) in [5.74, 6) is 0.710. The number of hydrogen-bond donors (Lipinski definition) is 0. The van der Waals surface area contributed by atoms with Crippen LogP contribution in [0.3, 0.4) is 0 Å². The quantitative estimate of drug-likeness (QED) is 0.179. The maximum atomic E-state index is 5.37. The van der Waals surface area contributed by atoms with Gasteiger partial charge >= 0.3 is 0 Å². The molecule has 0 atom stereocenters. The molecule has 0 bridgehead atoms. The summed E-state index contributed by atoms with van der Waals surface area (Å²) in [6.45, 7) is 0. The van der Waals surface area contributed by atoms with Crippen LogP contribution in [0, 0.1) is 0 Å². The Morgan fingerprint density at radius 2 is 1.06 bits per heavy atom. The van der Waals surface area contributed by atoms with Crippen molar-refractivity contribution in [3.8, 4) is 50.8 Å². The van der Waals surface area contributed by atoms with Gasteiger partial charge in [0, 0.05) is 49.5 Å². The van der Waals surface area contributed by atoms with Crippen LogP contribution in [0.15, 0.2) is 182 Å². The number of pyridine rings is 1. The normalized spacial score (nSPS) is 11.7. The first kappa shape index (κ1) is 30.7. The molecule has 252 valence electrons. The molecule has 0 aliphatic heterocycles. The Morgan fingerprint density at radius 1 is 0.444 bits per heavy atom. The van der Waals surface area contributed by atoms with E-state index in [-0.39, 0.29) is 0 Å². The Balaban J connectivity index is 1.13. The lowest BCUT2D eigenvalue weighted by molar-refractivity contribution is 1.17. The van der Waals surface area contributed by atoms with E-state index in [1.54, 1.807) is 0 Å². The van der Waals surface area contributed by atoms with Crippen molar-refractivity contribution in [3.05, 3.63) is 182 Å². The van der Waals surface area contributed by atoms with Gasteiger partial charge in [-0.3, -0.25) is 0 Å².